The molecular weight excluding hydrogens is 337 g/mol. The van der Waals surface area contributed by atoms with Crippen molar-refractivity contribution in [3.8, 4) is 5.75 Å². The van der Waals surface area contributed by atoms with Gasteiger partial charge < -0.3 is 20.7 Å². The molecule has 0 saturated heterocycles. The smallest absolute Gasteiger partial charge is 0.319 e. The zero-order chi connectivity index (χ0) is 18.8. The molecule has 0 bridgehead atoms. The first-order valence-corrected chi connectivity index (χ1v) is 8.36. The maximum Gasteiger partial charge on any atom is 0.319 e. The molecule has 26 heavy (non-hydrogen) atoms. The average Bonchev–Trinajstić information content (AvgIpc) is 2.63. The molecule has 7 heteroatoms. The Morgan fingerprint density at radius 2 is 1.77 bits per heavy atom. The molecule has 0 saturated carbocycles. The average molecular weight is 359 g/mol. The van der Waals surface area contributed by atoms with E-state index in [2.05, 4.69) is 16.0 Å². The Labute approximate surface area is 151 Å². The molecule has 0 unspecified atom stereocenters. The first kappa shape index (κ1) is 19.2. The Balaban J connectivity index is 1.73. The summed E-state index contributed by atoms with van der Waals surface area (Å²) in [4.78, 5) is 23.2. The number of carbonyl (C=O) groups is 2. The van der Waals surface area contributed by atoms with E-state index in [9.17, 15) is 14.0 Å². The standard InChI is InChI=1S/C19H22FN3O3/c1-2-21-18(24)13-26-16-9-7-15(8-10-16)23-19(25)22-12-11-14-5-3-4-6-17(14)20/h3-10H,2,11-13H2,1H3,(H,21,24)(H2,22,23,25). The summed E-state index contributed by atoms with van der Waals surface area (Å²) in [6, 6.07) is 12.8. The van der Waals surface area contributed by atoms with Gasteiger partial charge in [0.2, 0.25) is 0 Å². The lowest BCUT2D eigenvalue weighted by atomic mass is 10.1. The predicted molar refractivity (Wildman–Crippen MR) is 97.7 cm³/mol. The fourth-order valence-corrected chi connectivity index (χ4v) is 2.22. The number of urea groups is 1. The van der Waals surface area contributed by atoms with Crippen molar-refractivity contribution in [1.29, 1.82) is 0 Å². The Bertz CT molecular complexity index is 735. The highest BCUT2D eigenvalue weighted by atomic mass is 19.1. The van der Waals surface area contributed by atoms with E-state index in [1.807, 2.05) is 6.92 Å². The largest absolute Gasteiger partial charge is 0.484 e. The summed E-state index contributed by atoms with van der Waals surface area (Å²) in [7, 11) is 0. The maximum absolute atomic E-state index is 13.5. The SMILES string of the molecule is CCNC(=O)COc1ccc(NC(=O)NCCc2ccccc2F)cc1. The van der Waals surface area contributed by atoms with Crippen molar-refractivity contribution in [1.82, 2.24) is 10.6 Å². The van der Waals surface area contributed by atoms with Crippen LogP contribution < -0.4 is 20.7 Å². The van der Waals surface area contributed by atoms with E-state index < -0.39 is 0 Å². The van der Waals surface area contributed by atoms with Crippen LogP contribution >= 0.6 is 0 Å². The van der Waals surface area contributed by atoms with Crippen molar-refractivity contribution >= 4 is 17.6 Å². The van der Waals surface area contributed by atoms with Crippen LogP contribution in [0.15, 0.2) is 48.5 Å². The summed E-state index contributed by atoms with van der Waals surface area (Å²) in [5.74, 6) is 0.0589. The highest BCUT2D eigenvalue weighted by Gasteiger charge is 2.05. The van der Waals surface area contributed by atoms with Gasteiger partial charge in [0.05, 0.1) is 0 Å². The number of rotatable bonds is 8. The van der Waals surface area contributed by atoms with Crippen LogP contribution in [0.5, 0.6) is 5.75 Å². The van der Waals surface area contributed by atoms with Gasteiger partial charge in [0, 0.05) is 18.8 Å². The van der Waals surface area contributed by atoms with Gasteiger partial charge >= 0.3 is 6.03 Å². The van der Waals surface area contributed by atoms with Gasteiger partial charge in [-0.3, -0.25) is 4.79 Å². The molecule has 3 amide bonds. The van der Waals surface area contributed by atoms with E-state index in [1.54, 1.807) is 42.5 Å². The van der Waals surface area contributed by atoms with Crippen LogP contribution in [0.25, 0.3) is 0 Å². The molecule has 138 valence electrons. The first-order chi connectivity index (χ1) is 12.6. The van der Waals surface area contributed by atoms with Crippen LogP contribution in [0, 0.1) is 5.82 Å². The zero-order valence-corrected chi connectivity index (χ0v) is 14.5. The summed E-state index contributed by atoms with van der Waals surface area (Å²) < 4.78 is 18.8. The van der Waals surface area contributed by atoms with Gasteiger partial charge in [-0.25, -0.2) is 9.18 Å². The number of amides is 3. The van der Waals surface area contributed by atoms with Crippen LogP contribution in [0.1, 0.15) is 12.5 Å². The topological polar surface area (TPSA) is 79.5 Å². The van der Waals surface area contributed by atoms with Gasteiger partial charge in [-0.05, 0) is 49.2 Å². The van der Waals surface area contributed by atoms with Gasteiger partial charge in [-0.15, -0.1) is 0 Å². The number of hydrogen-bond acceptors (Lipinski definition) is 3. The summed E-state index contributed by atoms with van der Waals surface area (Å²) in [6.07, 6.45) is 0.409. The molecular formula is C19H22FN3O3. The Hall–Kier alpha value is -3.09. The second kappa shape index (κ2) is 10.0. The number of nitrogens with one attached hydrogen (secondary N) is 3. The molecule has 2 aromatic rings. The van der Waals surface area contributed by atoms with Gasteiger partial charge in [0.25, 0.3) is 5.91 Å². The van der Waals surface area contributed by atoms with Gasteiger partial charge in [-0.1, -0.05) is 18.2 Å². The van der Waals surface area contributed by atoms with Crippen molar-refractivity contribution in [2.45, 2.75) is 13.3 Å². The summed E-state index contributed by atoms with van der Waals surface area (Å²) in [5.41, 5.74) is 1.14. The van der Waals surface area contributed by atoms with E-state index >= 15 is 0 Å². The molecule has 0 fully saturated rings. The normalized spacial score (nSPS) is 10.1. The fourth-order valence-electron chi connectivity index (χ4n) is 2.22. The molecule has 0 heterocycles. The second-order valence-corrected chi connectivity index (χ2v) is 5.49. The summed E-state index contributed by atoms with van der Waals surface area (Å²) in [6.45, 7) is 2.65. The number of carbonyl (C=O) groups excluding carboxylic acids is 2. The van der Waals surface area contributed by atoms with Gasteiger partial charge in [0.1, 0.15) is 11.6 Å². The number of hydrogen-bond donors (Lipinski definition) is 3. The molecule has 2 aromatic carbocycles. The number of likely N-dealkylation sites (N-methyl/N-ethyl adjacent to an activating group) is 1. The quantitative estimate of drug-likeness (QED) is 0.678. The summed E-state index contributed by atoms with van der Waals surface area (Å²) in [5, 5.41) is 7.99. The molecule has 0 aliphatic heterocycles. The molecule has 2 rings (SSSR count). The van der Waals surface area contributed by atoms with Crippen molar-refractivity contribution in [2.75, 3.05) is 25.0 Å². The van der Waals surface area contributed by atoms with Crippen molar-refractivity contribution in [3.05, 3.63) is 59.9 Å². The molecule has 0 aromatic heterocycles. The Morgan fingerprint density at radius 1 is 1.04 bits per heavy atom. The number of anilines is 1. The van der Waals surface area contributed by atoms with E-state index in [1.165, 1.54) is 6.07 Å². The van der Waals surface area contributed by atoms with Gasteiger partial charge in [-0.2, -0.15) is 0 Å². The number of ether oxygens (including phenoxy) is 1. The minimum Gasteiger partial charge on any atom is -0.484 e. The van der Waals surface area contributed by atoms with Crippen LogP contribution in [0.4, 0.5) is 14.9 Å². The third kappa shape index (κ3) is 6.43. The minimum absolute atomic E-state index is 0.0584. The second-order valence-electron chi connectivity index (χ2n) is 5.49. The van der Waals surface area contributed by atoms with E-state index in [-0.39, 0.29) is 24.4 Å². The lowest BCUT2D eigenvalue weighted by Crippen LogP contribution is -2.30. The lowest BCUT2D eigenvalue weighted by molar-refractivity contribution is -0.122. The molecule has 0 radical (unpaired) electrons. The van der Waals surface area contributed by atoms with Crippen molar-refractivity contribution in [2.24, 2.45) is 0 Å². The van der Waals surface area contributed by atoms with Crippen molar-refractivity contribution in [3.63, 3.8) is 0 Å². The highest BCUT2D eigenvalue weighted by molar-refractivity contribution is 5.89. The van der Waals surface area contributed by atoms with Crippen LogP contribution in [-0.4, -0.2) is 31.6 Å². The molecule has 3 N–H and O–H groups in total. The Kier molecular flexibility index (Phi) is 7.42. The molecule has 6 nitrogen and oxygen atoms in total. The maximum atomic E-state index is 13.5. The molecule has 0 spiro atoms. The monoisotopic (exact) mass is 359 g/mol. The van der Waals surface area contributed by atoms with E-state index in [0.717, 1.165) is 0 Å². The van der Waals surface area contributed by atoms with E-state index in [0.29, 0.717) is 36.5 Å². The predicted octanol–water partition coefficient (Wildman–Crippen LogP) is 2.70. The number of benzene rings is 2. The zero-order valence-electron chi connectivity index (χ0n) is 14.5. The van der Waals surface area contributed by atoms with Crippen LogP contribution in [0.2, 0.25) is 0 Å². The van der Waals surface area contributed by atoms with Crippen molar-refractivity contribution < 1.29 is 18.7 Å². The first-order valence-electron chi connectivity index (χ1n) is 8.36. The Morgan fingerprint density at radius 3 is 2.46 bits per heavy atom. The molecule has 0 atom stereocenters. The van der Waals surface area contributed by atoms with Gasteiger partial charge in [0.15, 0.2) is 6.61 Å². The van der Waals surface area contributed by atoms with E-state index in [4.69, 9.17) is 4.74 Å². The highest BCUT2D eigenvalue weighted by Crippen LogP contribution is 2.15. The molecule has 0 aliphatic rings. The third-order valence-electron chi connectivity index (χ3n) is 3.49. The lowest BCUT2D eigenvalue weighted by Gasteiger charge is -2.09. The fraction of sp³-hybridized carbons (Fsp3) is 0.263. The third-order valence-corrected chi connectivity index (χ3v) is 3.49. The molecule has 0 aliphatic carbocycles. The number of halogens is 1. The minimum atomic E-state index is -0.377. The van der Waals surface area contributed by atoms with Crippen LogP contribution in [-0.2, 0) is 11.2 Å². The van der Waals surface area contributed by atoms with Crippen LogP contribution in [0.3, 0.4) is 0 Å². The summed E-state index contributed by atoms with van der Waals surface area (Å²) >= 11 is 0.